The third-order valence-electron chi connectivity index (χ3n) is 2.80. The number of nitrogens with one attached hydrogen (secondary N) is 2. The summed E-state index contributed by atoms with van der Waals surface area (Å²) in [5.74, 6) is -0.197. The topological polar surface area (TPSA) is 78.5 Å². The van der Waals surface area contributed by atoms with Crippen molar-refractivity contribution in [1.82, 2.24) is 9.62 Å². The van der Waals surface area contributed by atoms with Gasteiger partial charge < -0.3 is 10.6 Å². The maximum Gasteiger partial charge on any atom is 0.242 e. The monoisotopic (exact) mass is 343 g/mol. The molecule has 0 atom stereocenters. The predicted octanol–water partition coefficient (Wildman–Crippen LogP) is 1.80. The molecule has 0 saturated heterocycles. The van der Waals surface area contributed by atoms with Crippen molar-refractivity contribution < 1.29 is 13.2 Å². The van der Waals surface area contributed by atoms with E-state index in [0.29, 0.717) is 5.69 Å². The molecule has 0 saturated carbocycles. The van der Waals surface area contributed by atoms with E-state index < -0.39 is 15.4 Å². The van der Waals surface area contributed by atoms with Crippen LogP contribution in [0.1, 0.15) is 20.8 Å². The number of rotatable bonds is 3. The minimum atomic E-state index is -3.46. The Labute approximate surface area is 136 Å². The van der Waals surface area contributed by atoms with E-state index in [-0.39, 0.29) is 15.9 Å². The molecule has 122 valence electrons. The standard InChI is InChI=1S/C14H21N3O3S2/c1-14(2,3)12(18)16-13(21)15-10-6-8-11(9-7-10)22(19,20)17(4)5/h6-9H,1-5H3,(H2,15,16,18,21). The lowest BCUT2D eigenvalue weighted by Gasteiger charge is -2.18. The molecule has 2 N–H and O–H groups in total. The number of nitrogens with zero attached hydrogens (tertiary/aromatic N) is 1. The van der Waals surface area contributed by atoms with Crippen molar-refractivity contribution in [2.45, 2.75) is 25.7 Å². The second-order valence-electron chi connectivity index (χ2n) is 5.97. The van der Waals surface area contributed by atoms with Gasteiger partial charge in [-0.25, -0.2) is 12.7 Å². The number of carbonyl (C=O) groups excluding carboxylic acids is 1. The summed E-state index contributed by atoms with van der Waals surface area (Å²) in [6, 6.07) is 6.13. The highest BCUT2D eigenvalue weighted by molar-refractivity contribution is 7.89. The SMILES string of the molecule is CN(C)S(=O)(=O)c1ccc(NC(=S)NC(=O)C(C)(C)C)cc1. The summed E-state index contributed by atoms with van der Waals surface area (Å²) in [5, 5.41) is 5.60. The predicted molar refractivity (Wildman–Crippen MR) is 91.1 cm³/mol. The van der Waals surface area contributed by atoms with Crippen molar-refractivity contribution >= 4 is 38.9 Å². The first-order valence-corrected chi connectivity index (χ1v) is 8.44. The van der Waals surface area contributed by atoms with Crippen LogP contribution in [-0.4, -0.2) is 37.8 Å². The van der Waals surface area contributed by atoms with Crippen molar-refractivity contribution in [3.63, 3.8) is 0 Å². The lowest BCUT2D eigenvalue weighted by molar-refractivity contribution is -0.126. The third-order valence-corrected chi connectivity index (χ3v) is 4.83. The van der Waals surface area contributed by atoms with Crippen molar-refractivity contribution in [1.29, 1.82) is 0 Å². The lowest BCUT2D eigenvalue weighted by atomic mass is 9.96. The molecule has 0 aliphatic rings. The maximum atomic E-state index is 11.9. The molecule has 0 fully saturated rings. The summed E-state index contributed by atoms with van der Waals surface area (Å²) in [4.78, 5) is 12.0. The van der Waals surface area contributed by atoms with E-state index in [4.69, 9.17) is 12.2 Å². The Morgan fingerprint density at radius 1 is 1.14 bits per heavy atom. The van der Waals surface area contributed by atoms with Crippen molar-refractivity contribution in [2.75, 3.05) is 19.4 Å². The Balaban J connectivity index is 2.77. The first-order chi connectivity index (χ1) is 9.94. The van der Waals surface area contributed by atoms with Crippen LogP contribution in [0.15, 0.2) is 29.2 Å². The highest BCUT2D eigenvalue weighted by Crippen LogP contribution is 2.17. The van der Waals surface area contributed by atoms with Crippen LogP contribution in [0.25, 0.3) is 0 Å². The zero-order valence-corrected chi connectivity index (χ0v) is 14.9. The summed E-state index contributed by atoms with van der Waals surface area (Å²) in [5.41, 5.74) is 0.0481. The number of amides is 1. The van der Waals surface area contributed by atoms with Gasteiger partial charge in [-0.05, 0) is 36.5 Å². The molecule has 0 aliphatic carbocycles. The molecular weight excluding hydrogens is 322 g/mol. The van der Waals surface area contributed by atoms with Crippen LogP contribution in [-0.2, 0) is 14.8 Å². The number of benzene rings is 1. The quantitative estimate of drug-likeness (QED) is 0.818. The van der Waals surface area contributed by atoms with E-state index in [2.05, 4.69) is 10.6 Å². The molecule has 0 heterocycles. The van der Waals surface area contributed by atoms with Gasteiger partial charge in [-0.3, -0.25) is 4.79 Å². The van der Waals surface area contributed by atoms with Crippen LogP contribution in [0.5, 0.6) is 0 Å². The molecule has 0 radical (unpaired) electrons. The van der Waals surface area contributed by atoms with Gasteiger partial charge in [-0.1, -0.05) is 20.8 Å². The highest BCUT2D eigenvalue weighted by atomic mass is 32.2. The summed E-state index contributed by atoms with van der Waals surface area (Å²) in [6.45, 7) is 5.35. The number of hydrogen-bond donors (Lipinski definition) is 2. The van der Waals surface area contributed by atoms with Crippen LogP contribution in [0.2, 0.25) is 0 Å². The number of thiocarbonyl (C=S) groups is 1. The van der Waals surface area contributed by atoms with E-state index in [1.54, 1.807) is 32.9 Å². The number of anilines is 1. The van der Waals surface area contributed by atoms with Crippen LogP contribution < -0.4 is 10.6 Å². The number of carbonyl (C=O) groups is 1. The molecule has 0 unspecified atom stereocenters. The van der Waals surface area contributed by atoms with E-state index >= 15 is 0 Å². The molecule has 1 rings (SSSR count). The average Bonchev–Trinajstić information content (AvgIpc) is 2.37. The maximum absolute atomic E-state index is 11.9. The second kappa shape index (κ2) is 6.72. The van der Waals surface area contributed by atoms with Crippen LogP contribution in [0.4, 0.5) is 5.69 Å². The lowest BCUT2D eigenvalue weighted by Crippen LogP contribution is -2.41. The largest absolute Gasteiger partial charge is 0.332 e. The van der Waals surface area contributed by atoms with Crippen molar-refractivity contribution in [2.24, 2.45) is 5.41 Å². The highest BCUT2D eigenvalue weighted by Gasteiger charge is 2.22. The normalized spacial score (nSPS) is 12.1. The van der Waals surface area contributed by atoms with Crippen LogP contribution >= 0.6 is 12.2 Å². The van der Waals surface area contributed by atoms with Gasteiger partial charge in [0.2, 0.25) is 15.9 Å². The summed E-state index contributed by atoms with van der Waals surface area (Å²) in [7, 11) is -0.516. The fraction of sp³-hybridized carbons (Fsp3) is 0.429. The molecular formula is C14H21N3O3S2. The smallest absolute Gasteiger partial charge is 0.242 e. The zero-order chi connectivity index (χ0) is 17.1. The third kappa shape index (κ3) is 4.75. The molecule has 0 spiro atoms. The van der Waals surface area contributed by atoms with Crippen molar-refractivity contribution in [3.05, 3.63) is 24.3 Å². The summed E-state index contributed by atoms with van der Waals surface area (Å²) < 4.78 is 25.0. The average molecular weight is 343 g/mol. The molecule has 22 heavy (non-hydrogen) atoms. The van der Waals surface area contributed by atoms with Gasteiger partial charge in [-0.2, -0.15) is 0 Å². The Kier molecular flexibility index (Phi) is 5.66. The van der Waals surface area contributed by atoms with Gasteiger partial charge in [0, 0.05) is 25.2 Å². The summed E-state index contributed by atoms with van der Waals surface area (Å²) >= 11 is 5.06. The molecule has 1 aromatic carbocycles. The molecule has 6 nitrogen and oxygen atoms in total. The minimum Gasteiger partial charge on any atom is -0.332 e. The Bertz CT molecular complexity index is 660. The van der Waals surface area contributed by atoms with Gasteiger partial charge in [-0.15, -0.1) is 0 Å². The molecule has 1 amide bonds. The van der Waals surface area contributed by atoms with Crippen LogP contribution in [0.3, 0.4) is 0 Å². The molecule has 0 aliphatic heterocycles. The minimum absolute atomic E-state index is 0.170. The van der Waals surface area contributed by atoms with E-state index in [0.717, 1.165) is 4.31 Å². The van der Waals surface area contributed by atoms with Gasteiger partial charge >= 0.3 is 0 Å². The van der Waals surface area contributed by atoms with Gasteiger partial charge in [0.25, 0.3) is 0 Å². The zero-order valence-electron chi connectivity index (χ0n) is 13.3. The van der Waals surface area contributed by atoms with Gasteiger partial charge in [0.1, 0.15) is 0 Å². The Morgan fingerprint density at radius 2 is 1.64 bits per heavy atom. The molecule has 0 aromatic heterocycles. The van der Waals surface area contributed by atoms with Gasteiger partial charge in [0.05, 0.1) is 4.90 Å². The molecule has 1 aromatic rings. The fourth-order valence-electron chi connectivity index (χ4n) is 1.37. The van der Waals surface area contributed by atoms with Crippen LogP contribution in [0, 0.1) is 5.41 Å². The molecule has 8 heteroatoms. The first kappa shape index (κ1) is 18.5. The second-order valence-corrected chi connectivity index (χ2v) is 8.53. The number of hydrogen-bond acceptors (Lipinski definition) is 4. The van der Waals surface area contributed by atoms with E-state index in [1.807, 2.05) is 0 Å². The van der Waals surface area contributed by atoms with Gasteiger partial charge in [0.15, 0.2) is 5.11 Å². The first-order valence-electron chi connectivity index (χ1n) is 6.59. The van der Waals surface area contributed by atoms with E-state index in [9.17, 15) is 13.2 Å². The Morgan fingerprint density at radius 3 is 2.05 bits per heavy atom. The Hall–Kier alpha value is -1.51. The number of sulfonamides is 1. The fourth-order valence-corrected chi connectivity index (χ4v) is 2.49. The van der Waals surface area contributed by atoms with E-state index in [1.165, 1.54) is 26.2 Å². The summed E-state index contributed by atoms with van der Waals surface area (Å²) in [6.07, 6.45) is 0. The molecule has 0 bridgehead atoms. The van der Waals surface area contributed by atoms with Crippen molar-refractivity contribution in [3.8, 4) is 0 Å².